The molecule has 0 atom stereocenters. The van der Waals surface area contributed by atoms with Gasteiger partial charge in [-0.05, 0) is 31.8 Å². The van der Waals surface area contributed by atoms with Gasteiger partial charge in [0.25, 0.3) is 0 Å². The average Bonchev–Trinajstić information content (AvgIpc) is 2.68. The van der Waals surface area contributed by atoms with E-state index in [0.29, 0.717) is 0 Å². The molecule has 2 aliphatic heterocycles. The van der Waals surface area contributed by atoms with Crippen molar-refractivity contribution < 1.29 is 0 Å². The van der Waals surface area contributed by atoms with Gasteiger partial charge in [0.2, 0.25) is 0 Å². The fourth-order valence-corrected chi connectivity index (χ4v) is 5.25. The van der Waals surface area contributed by atoms with Crippen LogP contribution in [0.15, 0.2) is 0 Å². The maximum absolute atomic E-state index is 3.75. The van der Waals surface area contributed by atoms with Gasteiger partial charge in [-0.2, -0.15) is 23.5 Å². The lowest BCUT2D eigenvalue weighted by molar-refractivity contribution is 0.181. The molecule has 0 spiro atoms. The number of hydrogen-bond acceptors (Lipinski definition) is 4. The van der Waals surface area contributed by atoms with Crippen LogP contribution < -0.4 is 5.32 Å². The minimum absolute atomic E-state index is 0.746. The normalized spacial score (nSPS) is 25.2. The summed E-state index contributed by atoms with van der Waals surface area (Å²) in [4.78, 5) is 2.65. The van der Waals surface area contributed by atoms with Crippen molar-refractivity contribution in [1.29, 1.82) is 0 Å². The molecule has 0 aliphatic carbocycles. The lowest BCUT2D eigenvalue weighted by Crippen LogP contribution is -2.42. The van der Waals surface area contributed by atoms with Crippen molar-refractivity contribution in [3.05, 3.63) is 0 Å². The van der Waals surface area contributed by atoms with Crippen LogP contribution in [0.4, 0.5) is 0 Å². The van der Waals surface area contributed by atoms with Crippen molar-refractivity contribution in [2.24, 2.45) is 5.92 Å². The Balaban J connectivity index is 1.55. The van der Waals surface area contributed by atoms with Crippen LogP contribution >= 0.6 is 23.5 Å². The van der Waals surface area contributed by atoms with Crippen LogP contribution in [-0.4, -0.2) is 60.1 Å². The van der Waals surface area contributed by atoms with Crippen molar-refractivity contribution in [1.82, 2.24) is 10.2 Å². The molecule has 2 fully saturated rings. The fourth-order valence-electron chi connectivity index (χ4n) is 2.78. The second-order valence-corrected chi connectivity index (χ2v) is 7.79. The molecule has 0 aromatic carbocycles. The number of piperidine rings is 1. The van der Waals surface area contributed by atoms with Gasteiger partial charge in [-0.3, -0.25) is 0 Å². The van der Waals surface area contributed by atoms with Crippen LogP contribution in [-0.2, 0) is 0 Å². The van der Waals surface area contributed by atoms with E-state index in [9.17, 15) is 0 Å². The summed E-state index contributed by atoms with van der Waals surface area (Å²) >= 11 is 4.23. The summed E-state index contributed by atoms with van der Waals surface area (Å²) in [6, 6.07) is 0.746. The van der Waals surface area contributed by atoms with E-state index in [-0.39, 0.29) is 0 Å². The first-order chi connectivity index (χ1) is 8.88. The SMILES string of the molecule is CCC1CCN(CCNC2CSCCSC2)CC1. The summed E-state index contributed by atoms with van der Waals surface area (Å²) < 4.78 is 0. The molecule has 0 radical (unpaired) electrons. The number of rotatable bonds is 5. The van der Waals surface area contributed by atoms with Gasteiger partial charge < -0.3 is 10.2 Å². The lowest BCUT2D eigenvalue weighted by Gasteiger charge is -2.31. The highest BCUT2D eigenvalue weighted by Crippen LogP contribution is 2.19. The van der Waals surface area contributed by atoms with Crippen LogP contribution in [0.2, 0.25) is 0 Å². The van der Waals surface area contributed by atoms with Crippen LogP contribution in [0, 0.1) is 5.92 Å². The number of nitrogens with one attached hydrogen (secondary N) is 1. The minimum Gasteiger partial charge on any atom is -0.311 e. The van der Waals surface area contributed by atoms with Crippen molar-refractivity contribution >= 4 is 23.5 Å². The standard InChI is InChI=1S/C14H28N2S2/c1-2-13-3-6-16(7-4-13)8-5-15-14-11-17-9-10-18-12-14/h13-15H,2-12H2,1H3. The molecular weight excluding hydrogens is 260 g/mol. The molecule has 2 aliphatic rings. The zero-order valence-electron chi connectivity index (χ0n) is 11.7. The number of thioether (sulfide) groups is 2. The molecule has 0 saturated carbocycles. The molecule has 0 unspecified atom stereocenters. The van der Waals surface area contributed by atoms with Gasteiger partial charge in [0, 0.05) is 42.1 Å². The molecule has 2 nitrogen and oxygen atoms in total. The summed E-state index contributed by atoms with van der Waals surface area (Å²) in [5, 5.41) is 3.75. The third-order valence-corrected chi connectivity index (χ3v) is 6.68. The molecule has 0 bridgehead atoms. The van der Waals surface area contributed by atoms with Crippen LogP contribution in [0.3, 0.4) is 0 Å². The molecular formula is C14H28N2S2. The Hall–Kier alpha value is 0.620. The van der Waals surface area contributed by atoms with Crippen molar-refractivity contribution in [3.63, 3.8) is 0 Å². The first-order valence-corrected chi connectivity index (χ1v) is 9.80. The second-order valence-electron chi connectivity index (χ2n) is 5.49. The van der Waals surface area contributed by atoms with Crippen molar-refractivity contribution in [2.75, 3.05) is 49.2 Å². The predicted molar refractivity (Wildman–Crippen MR) is 85.9 cm³/mol. The maximum atomic E-state index is 3.75. The first-order valence-electron chi connectivity index (χ1n) is 7.49. The van der Waals surface area contributed by atoms with Gasteiger partial charge in [0.05, 0.1) is 0 Å². The van der Waals surface area contributed by atoms with Gasteiger partial charge in [-0.1, -0.05) is 13.3 Å². The molecule has 4 heteroatoms. The molecule has 0 aromatic rings. The summed E-state index contributed by atoms with van der Waals surface area (Å²) in [6.07, 6.45) is 4.22. The first kappa shape index (κ1) is 15.0. The topological polar surface area (TPSA) is 15.3 Å². The number of nitrogens with zero attached hydrogens (tertiary/aromatic N) is 1. The van der Waals surface area contributed by atoms with E-state index in [1.54, 1.807) is 0 Å². The van der Waals surface area contributed by atoms with Crippen LogP contribution in [0.25, 0.3) is 0 Å². The van der Waals surface area contributed by atoms with E-state index in [4.69, 9.17) is 0 Å². The van der Waals surface area contributed by atoms with E-state index in [0.717, 1.165) is 12.0 Å². The Morgan fingerprint density at radius 2 is 1.78 bits per heavy atom. The smallest absolute Gasteiger partial charge is 0.0249 e. The Labute approximate surface area is 121 Å². The monoisotopic (exact) mass is 288 g/mol. The molecule has 2 heterocycles. The second kappa shape index (κ2) is 8.72. The van der Waals surface area contributed by atoms with Gasteiger partial charge in [-0.25, -0.2) is 0 Å². The summed E-state index contributed by atoms with van der Waals surface area (Å²) in [5.74, 6) is 6.31. The molecule has 2 rings (SSSR count). The molecule has 0 amide bonds. The van der Waals surface area contributed by atoms with Crippen LogP contribution in [0.5, 0.6) is 0 Å². The summed E-state index contributed by atoms with van der Waals surface area (Å²) in [6.45, 7) is 7.43. The largest absolute Gasteiger partial charge is 0.311 e. The molecule has 18 heavy (non-hydrogen) atoms. The molecule has 106 valence electrons. The zero-order chi connectivity index (χ0) is 12.6. The molecule has 0 aromatic heterocycles. The van der Waals surface area contributed by atoms with Gasteiger partial charge >= 0.3 is 0 Å². The quantitative estimate of drug-likeness (QED) is 0.836. The van der Waals surface area contributed by atoms with E-state index in [1.165, 1.54) is 68.5 Å². The Morgan fingerprint density at radius 3 is 2.39 bits per heavy atom. The molecule has 1 N–H and O–H groups in total. The van der Waals surface area contributed by atoms with Crippen LogP contribution in [0.1, 0.15) is 26.2 Å². The zero-order valence-corrected chi connectivity index (χ0v) is 13.3. The van der Waals surface area contributed by atoms with Gasteiger partial charge in [-0.15, -0.1) is 0 Å². The van der Waals surface area contributed by atoms with Gasteiger partial charge in [0.1, 0.15) is 0 Å². The number of likely N-dealkylation sites (tertiary alicyclic amines) is 1. The lowest BCUT2D eigenvalue weighted by atomic mass is 9.94. The van der Waals surface area contributed by atoms with Crippen molar-refractivity contribution in [3.8, 4) is 0 Å². The highest BCUT2D eigenvalue weighted by molar-refractivity contribution is 8.03. The summed E-state index contributed by atoms with van der Waals surface area (Å²) in [7, 11) is 0. The summed E-state index contributed by atoms with van der Waals surface area (Å²) in [5.41, 5.74) is 0. The Kier molecular flexibility index (Phi) is 7.28. The fraction of sp³-hybridized carbons (Fsp3) is 1.00. The van der Waals surface area contributed by atoms with Crippen molar-refractivity contribution in [2.45, 2.75) is 32.2 Å². The highest BCUT2D eigenvalue weighted by Gasteiger charge is 2.18. The minimum atomic E-state index is 0.746. The number of hydrogen-bond donors (Lipinski definition) is 1. The van der Waals surface area contributed by atoms with E-state index < -0.39 is 0 Å². The highest BCUT2D eigenvalue weighted by atomic mass is 32.2. The Bertz CT molecular complexity index is 210. The average molecular weight is 289 g/mol. The van der Waals surface area contributed by atoms with E-state index >= 15 is 0 Å². The van der Waals surface area contributed by atoms with Gasteiger partial charge in [0.15, 0.2) is 0 Å². The predicted octanol–water partition coefficient (Wildman–Crippen LogP) is 2.55. The van der Waals surface area contributed by atoms with E-state index in [1.807, 2.05) is 0 Å². The third-order valence-electron chi connectivity index (χ3n) is 4.16. The maximum Gasteiger partial charge on any atom is 0.0249 e. The van der Waals surface area contributed by atoms with E-state index in [2.05, 4.69) is 40.7 Å². The Morgan fingerprint density at radius 1 is 1.11 bits per heavy atom. The molecule has 2 saturated heterocycles. The third kappa shape index (κ3) is 5.32.